The van der Waals surface area contributed by atoms with Gasteiger partial charge in [0.1, 0.15) is 5.60 Å². The van der Waals surface area contributed by atoms with E-state index in [2.05, 4.69) is 20.8 Å². The van der Waals surface area contributed by atoms with Crippen molar-refractivity contribution in [2.24, 2.45) is 11.8 Å². The highest BCUT2D eigenvalue weighted by Gasteiger charge is 2.43. The van der Waals surface area contributed by atoms with E-state index in [0.717, 1.165) is 18.8 Å². The second kappa shape index (κ2) is 7.18. The van der Waals surface area contributed by atoms with Crippen molar-refractivity contribution in [2.45, 2.75) is 26.4 Å². The normalized spacial score (nSPS) is 22.0. The zero-order chi connectivity index (χ0) is 19.9. The SMILES string of the molecule is COc1cc(N2CC3CN(C(=O)OC(C)(C)C)CC3C2)c(Br)cc1[N+](=O)[O-]. The van der Waals surface area contributed by atoms with Gasteiger partial charge < -0.3 is 19.3 Å². The lowest BCUT2D eigenvalue weighted by Gasteiger charge is -2.27. The highest BCUT2D eigenvalue weighted by atomic mass is 79.9. The molecular weight excluding hydrogens is 418 g/mol. The number of nitro benzene ring substituents is 1. The minimum absolute atomic E-state index is 0.0661. The predicted molar refractivity (Wildman–Crippen MR) is 104 cm³/mol. The number of benzene rings is 1. The van der Waals surface area contributed by atoms with Crippen molar-refractivity contribution in [3.8, 4) is 5.75 Å². The Morgan fingerprint density at radius 3 is 2.30 bits per heavy atom. The van der Waals surface area contributed by atoms with Crippen molar-refractivity contribution in [3.05, 3.63) is 26.7 Å². The number of hydrogen-bond acceptors (Lipinski definition) is 6. The first-order chi connectivity index (χ1) is 12.6. The Kier molecular flexibility index (Phi) is 5.24. The third-order valence-corrected chi connectivity index (χ3v) is 5.56. The van der Waals surface area contributed by atoms with E-state index in [1.165, 1.54) is 13.2 Å². The predicted octanol–water partition coefficient (Wildman–Crippen LogP) is 3.67. The van der Waals surface area contributed by atoms with Gasteiger partial charge >= 0.3 is 11.8 Å². The number of amides is 1. The third kappa shape index (κ3) is 4.12. The molecule has 3 rings (SSSR count). The minimum atomic E-state index is -0.499. The van der Waals surface area contributed by atoms with Gasteiger partial charge in [0.15, 0.2) is 5.75 Å². The van der Waals surface area contributed by atoms with Crippen LogP contribution in [-0.4, -0.2) is 54.8 Å². The summed E-state index contributed by atoms with van der Waals surface area (Å²) in [4.78, 5) is 27.0. The molecule has 2 heterocycles. The van der Waals surface area contributed by atoms with Crippen LogP contribution in [0.3, 0.4) is 0 Å². The maximum absolute atomic E-state index is 12.3. The minimum Gasteiger partial charge on any atom is -0.490 e. The molecule has 0 radical (unpaired) electrons. The van der Waals surface area contributed by atoms with Gasteiger partial charge in [-0.3, -0.25) is 10.1 Å². The molecule has 0 bridgehead atoms. The Balaban J connectivity index is 1.71. The maximum atomic E-state index is 12.3. The molecule has 2 unspecified atom stereocenters. The summed E-state index contributed by atoms with van der Waals surface area (Å²) in [6, 6.07) is 3.18. The third-order valence-electron chi connectivity index (χ3n) is 4.92. The van der Waals surface area contributed by atoms with E-state index in [0.29, 0.717) is 29.4 Å². The number of rotatable bonds is 3. The quantitative estimate of drug-likeness (QED) is 0.525. The molecular formula is C18H24BrN3O5. The molecule has 0 N–H and O–H groups in total. The number of ether oxygens (including phenoxy) is 2. The molecule has 0 saturated carbocycles. The number of likely N-dealkylation sites (tertiary alicyclic amines) is 1. The summed E-state index contributed by atoms with van der Waals surface area (Å²) >= 11 is 3.45. The second-order valence-electron chi connectivity index (χ2n) is 8.04. The lowest BCUT2D eigenvalue weighted by molar-refractivity contribution is -0.385. The Bertz CT molecular complexity index is 750. The molecule has 0 spiro atoms. The van der Waals surface area contributed by atoms with Gasteiger partial charge in [-0.25, -0.2) is 4.79 Å². The monoisotopic (exact) mass is 441 g/mol. The summed E-state index contributed by atoms with van der Waals surface area (Å²) in [5, 5.41) is 11.2. The molecule has 8 nitrogen and oxygen atoms in total. The highest BCUT2D eigenvalue weighted by molar-refractivity contribution is 9.10. The van der Waals surface area contributed by atoms with Crippen LogP contribution in [0.4, 0.5) is 16.2 Å². The van der Waals surface area contributed by atoms with Crippen LogP contribution in [0.5, 0.6) is 5.75 Å². The van der Waals surface area contributed by atoms with Crippen LogP contribution in [0.25, 0.3) is 0 Å². The summed E-state index contributed by atoms with van der Waals surface area (Å²) in [6.07, 6.45) is -0.262. The molecule has 1 aromatic rings. The van der Waals surface area contributed by atoms with Gasteiger partial charge in [-0.1, -0.05) is 0 Å². The van der Waals surface area contributed by atoms with E-state index < -0.39 is 10.5 Å². The van der Waals surface area contributed by atoms with E-state index >= 15 is 0 Å². The zero-order valence-electron chi connectivity index (χ0n) is 15.9. The molecule has 9 heteroatoms. The summed E-state index contributed by atoms with van der Waals surface area (Å²) in [6.45, 7) is 8.48. The van der Waals surface area contributed by atoms with Crippen molar-refractivity contribution in [1.29, 1.82) is 0 Å². The molecule has 0 aromatic heterocycles. The molecule has 148 valence electrons. The lowest BCUT2D eigenvalue weighted by atomic mass is 10.0. The second-order valence-corrected chi connectivity index (χ2v) is 8.90. The standard InChI is InChI=1S/C18H24BrN3O5/c1-18(2,3)27-17(23)21-9-11-7-20(8-12(11)10-21)14-6-16(26-4)15(22(24)25)5-13(14)19/h5-6,11-12H,7-10H2,1-4H3. The molecule has 2 fully saturated rings. The first kappa shape index (κ1) is 19.7. The number of hydrogen-bond donors (Lipinski definition) is 0. The van der Waals surface area contributed by atoms with Gasteiger partial charge in [0, 0.05) is 54.6 Å². The van der Waals surface area contributed by atoms with E-state index in [1.54, 1.807) is 11.0 Å². The van der Waals surface area contributed by atoms with Crippen LogP contribution in [0, 0.1) is 22.0 Å². The molecule has 1 amide bonds. The zero-order valence-corrected chi connectivity index (χ0v) is 17.5. The average Bonchev–Trinajstić information content (AvgIpc) is 3.11. The first-order valence-corrected chi connectivity index (χ1v) is 9.63. The fourth-order valence-electron chi connectivity index (χ4n) is 3.75. The summed E-state index contributed by atoms with van der Waals surface area (Å²) < 4.78 is 11.3. The van der Waals surface area contributed by atoms with E-state index in [4.69, 9.17) is 9.47 Å². The van der Waals surface area contributed by atoms with Gasteiger partial charge in [-0.05, 0) is 36.7 Å². The Morgan fingerprint density at radius 1 is 1.22 bits per heavy atom. The number of nitrogens with zero attached hydrogens (tertiary/aromatic N) is 3. The molecule has 27 heavy (non-hydrogen) atoms. The average molecular weight is 442 g/mol. The summed E-state index contributed by atoms with van der Waals surface area (Å²) in [5.41, 5.74) is 0.306. The molecule has 0 aliphatic carbocycles. The van der Waals surface area contributed by atoms with Crippen LogP contribution >= 0.6 is 15.9 Å². The Morgan fingerprint density at radius 2 is 1.81 bits per heavy atom. The number of fused-ring (bicyclic) bond motifs is 1. The summed E-state index contributed by atoms with van der Waals surface area (Å²) in [5.74, 6) is 0.946. The van der Waals surface area contributed by atoms with Crippen molar-refractivity contribution in [1.82, 2.24) is 4.90 Å². The van der Waals surface area contributed by atoms with E-state index in [1.807, 2.05) is 20.8 Å². The highest BCUT2D eigenvalue weighted by Crippen LogP contribution is 2.42. The molecule has 1 aromatic carbocycles. The fourth-order valence-corrected chi connectivity index (χ4v) is 4.33. The van der Waals surface area contributed by atoms with Gasteiger partial charge in [0.25, 0.3) is 0 Å². The molecule has 2 aliphatic heterocycles. The van der Waals surface area contributed by atoms with Crippen LogP contribution < -0.4 is 9.64 Å². The van der Waals surface area contributed by atoms with Crippen LogP contribution in [0.2, 0.25) is 0 Å². The van der Waals surface area contributed by atoms with Crippen LogP contribution in [-0.2, 0) is 4.74 Å². The van der Waals surface area contributed by atoms with Gasteiger partial charge in [-0.2, -0.15) is 0 Å². The molecule has 2 saturated heterocycles. The fraction of sp³-hybridized carbons (Fsp3) is 0.611. The topological polar surface area (TPSA) is 85.2 Å². The van der Waals surface area contributed by atoms with E-state index in [-0.39, 0.29) is 17.5 Å². The van der Waals surface area contributed by atoms with Crippen molar-refractivity contribution in [3.63, 3.8) is 0 Å². The van der Waals surface area contributed by atoms with Gasteiger partial charge in [-0.15, -0.1) is 0 Å². The smallest absolute Gasteiger partial charge is 0.410 e. The van der Waals surface area contributed by atoms with Crippen LogP contribution in [0.15, 0.2) is 16.6 Å². The van der Waals surface area contributed by atoms with Crippen LogP contribution in [0.1, 0.15) is 20.8 Å². The van der Waals surface area contributed by atoms with Crippen molar-refractivity contribution >= 4 is 33.4 Å². The number of anilines is 1. The molecule has 2 atom stereocenters. The van der Waals surface area contributed by atoms with Gasteiger partial charge in [0.2, 0.25) is 0 Å². The largest absolute Gasteiger partial charge is 0.490 e. The maximum Gasteiger partial charge on any atom is 0.410 e. The number of halogens is 1. The number of nitro groups is 1. The van der Waals surface area contributed by atoms with E-state index in [9.17, 15) is 14.9 Å². The number of carbonyl (C=O) groups is 1. The van der Waals surface area contributed by atoms with Gasteiger partial charge in [0.05, 0.1) is 17.7 Å². The number of methoxy groups -OCH3 is 1. The first-order valence-electron chi connectivity index (χ1n) is 8.84. The molecule has 2 aliphatic rings. The van der Waals surface area contributed by atoms with Crippen molar-refractivity contribution < 1.29 is 19.2 Å². The Labute approximate surface area is 166 Å². The summed E-state index contributed by atoms with van der Waals surface area (Å²) in [7, 11) is 1.43. The van der Waals surface area contributed by atoms with Crippen molar-refractivity contribution in [2.75, 3.05) is 38.2 Å². The number of carbonyl (C=O) groups excluding carboxylic acids is 1. The Hall–Kier alpha value is -2.03. The lowest BCUT2D eigenvalue weighted by Crippen LogP contribution is -2.37.